The van der Waals surface area contributed by atoms with Crippen LogP contribution in [0.25, 0.3) is 0 Å². The lowest BCUT2D eigenvalue weighted by molar-refractivity contribution is 0.414. The van der Waals surface area contributed by atoms with Crippen LogP contribution in [0.4, 0.5) is 0 Å². The molecule has 0 saturated carbocycles. The molecule has 0 saturated heterocycles. The summed E-state index contributed by atoms with van der Waals surface area (Å²) < 4.78 is 0. The topological polar surface area (TPSA) is 12.0 Å². The van der Waals surface area contributed by atoms with Gasteiger partial charge >= 0.3 is 0 Å². The van der Waals surface area contributed by atoms with Gasteiger partial charge in [0.05, 0.1) is 0 Å². The van der Waals surface area contributed by atoms with Gasteiger partial charge in [0.25, 0.3) is 0 Å². The molecule has 0 spiro atoms. The highest BCUT2D eigenvalue weighted by Gasteiger charge is 2.03. The zero-order chi connectivity index (χ0) is 10.7. The average Bonchev–Trinajstić information content (AvgIpc) is 2.18. The van der Waals surface area contributed by atoms with Gasteiger partial charge in [0.1, 0.15) is 0 Å². The molecule has 2 unspecified atom stereocenters. The molecule has 1 heteroatoms. The lowest BCUT2D eigenvalue weighted by Gasteiger charge is -2.13. The molecule has 1 N–H and O–H groups in total. The molecule has 0 aliphatic carbocycles. The number of rotatable bonds is 6. The highest BCUT2D eigenvalue weighted by atomic mass is 14.8. The average molecular weight is 187 g/mol. The fraction of sp³-hybridized carbons (Fsp3) is 1.00. The van der Waals surface area contributed by atoms with Crippen molar-refractivity contribution < 1.29 is 0 Å². The van der Waals surface area contributed by atoms with Gasteiger partial charge in [0, 0.05) is 0 Å². The minimum atomic E-state index is 0.842. The summed E-state index contributed by atoms with van der Waals surface area (Å²) in [5, 5.41) is 3.21. The second kappa shape index (κ2) is 12.0. The monoisotopic (exact) mass is 187 g/mol. The molecule has 82 valence electrons. The second-order valence-electron chi connectivity index (χ2n) is 3.75. The highest BCUT2D eigenvalue weighted by molar-refractivity contribution is 4.58. The molecule has 0 aromatic heterocycles. The van der Waals surface area contributed by atoms with E-state index in [2.05, 4.69) is 26.1 Å². The van der Waals surface area contributed by atoms with Gasteiger partial charge in [0.2, 0.25) is 0 Å². The molecule has 13 heavy (non-hydrogen) atoms. The fourth-order valence-corrected chi connectivity index (χ4v) is 1.22. The zero-order valence-corrected chi connectivity index (χ0v) is 10.5. The van der Waals surface area contributed by atoms with E-state index < -0.39 is 0 Å². The van der Waals surface area contributed by atoms with E-state index in [9.17, 15) is 0 Å². The number of hydrogen-bond acceptors (Lipinski definition) is 1. The molecule has 0 fully saturated rings. The first kappa shape index (κ1) is 15.4. The van der Waals surface area contributed by atoms with Crippen molar-refractivity contribution in [2.75, 3.05) is 13.6 Å². The van der Waals surface area contributed by atoms with Crippen molar-refractivity contribution in [3.05, 3.63) is 0 Å². The fourth-order valence-electron chi connectivity index (χ4n) is 1.22. The molecule has 0 aliphatic rings. The van der Waals surface area contributed by atoms with Gasteiger partial charge in [-0.25, -0.2) is 0 Å². The Kier molecular flexibility index (Phi) is 14.2. The van der Waals surface area contributed by atoms with Crippen molar-refractivity contribution in [2.45, 2.75) is 53.9 Å². The molecule has 1 nitrogen and oxygen atoms in total. The van der Waals surface area contributed by atoms with Gasteiger partial charge in [-0.05, 0) is 31.8 Å². The molecule has 0 aromatic rings. The van der Waals surface area contributed by atoms with E-state index in [1.807, 2.05) is 20.9 Å². The molecular weight excluding hydrogens is 158 g/mol. The molecule has 0 amide bonds. The van der Waals surface area contributed by atoms with E-state index in [-0.39, 0.29) is 0 Å². The third kappa shape index (κ3) is 12.0. The second-order valence-corrected chi connectivity index (χ2v) is 3.75. The first-order chi connectivity index (χ1) is 6.20. The van der Waals surface area contributed by atoms with E-state index in [0.717, 1.165) is 18.4 Å². The third-order valence-electron chi connectivity index (χ3n) is 2.40. The Balaban J connectivity index is 0. The van der Waals surface area contributed by atoms with Crippen molar-refractivity contribution in [3.63, 3.8) is 0 Å². The van der Waals surface area contributed by atoms with Gasteiger partial charge in [-0.3, -0.25) is 0 Å². The molecule has 0 aromatic carbocycles. The minimum absolute atomic E-state index is 0.842. The van der Waals surface area contributed by atoms with Crippen LogP contribution in [0.2, 0.25) is 0 Å². The Morgan fingerprint density at radius 3 is 1.85 bits per heavy atom. The Bertz CT molecular complexity index is 81.2. The van der Waals surface area contributed by atoms with Crippen LogP contribution in [0.5, 0.6) is 0 Å². The van der Waals surface area contributed by atoms with Gasteiger partial charge < -0.3 is 5.32 Å². The van der Waals surface area contributed by atoms with E-state index in [1.54, 1.807) is 0 Å². The lowest BCUT2D eigenvalue weighted by Crippen LogP contribution is -2.16. The Morgan fingerprint density at radius 2 is 1.46 bits per heavy atom. The number of nitrogens with one attached hydrogen (secondary N) is 1. The third-order valence-corrected chi connectivity index (χ3v) is 2.40. The molecular formula is C12H29N. The van der Waals surface area contributed by atoms with Crippen LogP contribution in [0.15, 0.2) is 0 Å². The van der Waals surface area contributed by atoms with E-state index in [0.29, 0.717) is 0 Å². The maximum atomic E-state index is 3.21. The summed E-state index contributed by atoms with van der Waals surface area (Å²) >= 11 is 0. The van der Waals surface area contributed by atoms with E-state index in [1.165, 1.54) is 19.3 Å². The molecule has 2 atom stereocenters. The van der Waals surface area contributed by atoms with Crippen molar-refractivity contribution in [1.82, 2.24) is 5.32 Å². The summed E-state index contributed by atoms with van der Waals surface area (Å²) in [5.41, 5.74) is 0. The predicted octanol–water partition coefficient (Wildman–Crippen LogP) is 3.69. The maximum Gasteiger partial charge on any atom is -0.00262 e. The summed E-state index contributed by atoms with van der Waals surface area (Å²) in [4.78, 5) is 0. The largest absolute Gasteiger partial charge is 0.319 e. The van der Waals surface area contributed by atoms with E-state index >= 15 is 0 Å². The predicted molar refractivity (Wildman–Crippen MR) is 63.1 cm³/mol. The van der Waals surface area contributed by atoms with E-state index in [4.69, 9.17) is 0 Å². The summed E-state index contributed by atoms with van der Waals surface area (Å²) in [6.07, 6.45) is 4.08. The van der Waals surface area contributed by atoms with Crippen molar-refractivity contribution >= 4 is 0 Å². The van der Waals surface area contributed by atoms with Crippen LogP contribution in [0.3, 0.4) is 0 Å². The standard InChI is InChI=1S/C10H23N.C2H6/c1-5-9(2)6-7-10(3)8-11-4;1-2/h9-11H,5-8H2,1-4H3;1-2H3. The first-order valence-corrected chi connectivity index (χ1v) is 5.85. The van der Waals surface area contributed by atoms with Crippen molar-refractivity contribution in [2.24, 2.45) is 11.8 Å². The zero-order valence-electron chi connectivity index (χ0n) is 10.5. The lowest BCUT2D eigenvalue weighted by atomic mass is 9.96. The summed E-state index contributed by atoms with van der Waals surface area (Å²) in [6.45, 7) is 12.1. The van der Waals surface area contributed by atoms with Gasteiger partial charge in [-0.15, -0.1) is 0 Å². The quantitative estimate of drug-likeness (QED) is 0.668. The van der Waals surface area contributed by atoms with Gasteiger partial charge in [-0.2, -0.15) is 0 Å². The van der Waals surface area contributed by atoms with Crippen molar-refractivity contribution in [1.29, 1.82) is 0 Å². The number of hydrogen-bond donors (Lipinski definition) is 1. The molecule has 0 bridgehead atoms. The Hall–Kier alpha value is -0.0400. The summed E-state index contributed by atoms with van der Waals surface area (Å²) in [6, 6.07) is 0. The van der Waals surface area contributed by atoms with Crippen LogP contribution in [-0.2, 0) is 0 Å². The van der Waals surface area contributed by atoms with Gasteiger partial charge in [0.15, 0.2) is 0 Å². The van der Waals surface area contributed by atoms with Crippen LogP contribution in [0, 0.1) is 11.8 Å². The SMILES string of the molecule is CC.CCC(C)CCC(C)CNC. The smallest absolute Gasteiger partial charge is 0.00262 e. The molecule has 0 radical (unpaired) electrons. The van der Waals surface area contributed by atoms with Crippen LogP contribution in [-0.4, -0.2) is 13.6 Å². The van der Waals surface area contributed by atoms with Gasteiger partial charge in [-0.1, -0.05) is 47.5 Å². The highest BCUT2D eigenvalue weighted by Crippen LogP contribution is 2.13. The Morgan fingerprint density at radius 1 is 1.00 bits per heavy atom. The van der Waals surface area contributed by atoms with Crippen LogP contribution in [0.1, 0.15) is 53.9 Å². The van der Waals surface area contributed by atoms with Crippen molar-refractivity contribution in [3.8, 4) is 0 Å². The molecule has 0 heterocycles. The molecule has 0 rings (SSSR count). The summed E-state index contributed by atoms with van der Waals surface area (Å²) in [5.74, 6) is 1.75. The first-order valence-electron chi connectivity index (χ1n) is 5.85. The molecule has 0 aliphatic heterocycles. The van der Waals surface area contributed by atoms with Crippen LogP contribution >= 0.6 is 0 Å². The minimum Gasteiger partial charge on any atom is -0.319 e. The van der Waals surface area contributed by atoms with Crippen LogP contribution < -0.4 is 5.32 Å². The maximum absolute atomic E-state index is 3.21. The summed E-state index contributed by atoms with van der Waals surface area (Å²) in [7, 11) is 2.03. The Labute approximate surface area is 85.3 Å². The normalized spacial score (nSPS) is 14.3.